The molecule has 1 fully saturated rings. The van der Waals surface area contributed by atoms with E-state index in [0.29, 0.717) is 23.4 Å². The van der Waals surface area contributed by atoms with Crippen molar-refractivity contribution in [2.75, 3.05) is 0 Å². The van der Waals surface area contributed by atoms with Crippen molar-refractivity contribution >= 4 is 15.9 Å². The van der Waals surface area contributed by atoms with E-state index in [1.54, 1.807) is 6.07 Å². The average Bonchev–Trinajstić information content (AvgIpc) is 2.53. The third-order valence-corrected chi connectivity index (χ3v) is 4.91. The minimum absolute atomic E-state index is 0.189. The number of benzene rings is 1. The first-order chi connectivity index (χ1) is 7.75. The Morgan fingerprint density at radius 2 is 1.76 bits per heavy atom. The van der Waals surface area contributed by atoms with Gasteiger partial charge in [-0.05, 0) is 34.6 Å². The van der Waals surface area contributed by atoms with Crippen LogP contribution in [0.25, 0.3) is 0 Å². The molecule has 1 N–H and O–H groups in total. The van der Waals surface area contributed by atoms with Gasteiger partial charge in [0.15, 0.2) is 0 Å². The van der Waals surface area contributed by atoms with Gasteiger partial charge in [0, 0.05) is 17.1 Å². The number of rotatable bonds is 3. The molecule has 0 saturated heterocycles. The van der Waals surface area contributed by atoms with Crippen LogP contribution in [0.2, 0.25) is 0 Å². The third-order valence-electron chi connectivity index (χ3n) is 4.45. The van der Waals surface area contributed by atoms with E-state index in [0.717, 1.165) is 10.0 Å². The van der Waals surface area contributed by atoms with E-state index < -0.39 is 0 Å². The minimum atomic E-state index is -0.189. The van der Waals surface area contributed by atoms with Gasteiger partial charge in [0.05, 0.1) is 0 Å². The standard InChI is InChI=1S/C14H19BrFN/c1-13(2)12(14(13,3)4)17-8-9-5-10(15)7-11(16)6-9/h5-7,12,17H,8H2,1-4H3. The number of hydrogen-bond donors (Lipinski definition) is 1. The molecule has 0 atom stereocenters. The molecule has 17 heavy (non-hydrogen) atoms. The second-order valence-electron chi connectivity index (χ2n) is 6.03. The van der Waals surface area contributed by atoms with Crippen molar-refractivity contribution in [1.82, 2.24) is 5.32 Å². The van der Waals surface area contributed by atoms with E-state index in [9.17, 15) is 4.39 Å². The molecule has 0 radical (unpaired) electrons. The molecule has 0 aromatic heterocycles. The van der Waals surface area contributed by atoms with Gasteiger partial charge in [-0.3, -0.25) is 0 Å². The Morgan fingerprint density at radius 1 is 1.18 bits per heavy atom. The highest BCUT2D eigenvalue weighted by molar-refractivity contribution is 9.10. The molecular formula is C14H19BrFN. The van der Waals surface area contributed by atoms with Crippen LogP contribution in [-0.4, -0.2) is 6.04 Å². The molecule has 0 heterocycles. The maximum atomic E-state index is 13.2. The molecular weight excluding hydrogens is 281 g/mol. The number of nitrogens with one attached hydrogen (secondary N) is 1. The molecule has 1 aromatic rings. The zero-order valence-electron chi connectivity index (χ0n) is 10.8. The first-order valence-corrected chi connectivity index (χ1v) is 6.73. The van der Waals surface area contributed by atoms with Crippen molar-refractivity contribution in [1.29, 1.82) is 0 Å². The lowest BCUT2D eigenvalue weighted by Gasteiger charge is -2.07. The summed E-state index contributed by atoms with van der Waals surface area (Å²) >= 11 is 3.31. The molecule has 94 valence electrons. The summed E-state index contributed by atoms with van der Waals surface area (Å²) in [7, 11) is 0. The summed E-state index contributed by atoms with van der Waals surface area (Å²) < 4.78 is 14.0. The molecule has 0 spiro atoms. The SMILES string of the molecule is CC1(C)C(NCc2cc(F)cc(Br)c2)C1(C)C. The lowest BCUT2D eigenvalue weighted by atomic mass is 10.0. The van der Waals surface area contributed by atoms with E-state index in [1.807, 2.05) is 6.07 Å². The van der Waals surface area contributed by atoms with E-state index in [2.05, 4.69) is 48.9 Å². The van der Waals surface area contributed by atoms with E-state index in [-0.39, 0.29) is 5.82 Å². The topological polar surface area (TPSA) is 12.0 Å². The van der Waals surface area contributed by atoms with Gasteiger partial charge in [0.1, 0.15) is 5.82 Å². The lowest BCUT2D eigenvalue weighted by Crippen LogP contribution is -2.21. The van der Waals surface area contributed by atoms with Crippen molar-refractivity contribution in [2.24, 2.45) is 10.8 Å². The summed E-state index contributed by atoms with van der Waals surface area (Å²) in [6.07, 6.45) is 0. The molecule has 0 unspecified atom stereocenters. The maximum Gasteiger partial charge on any atom is 0.124 e. The summed E-state index contributed by atoms with van der Waals surface area (Å²) in [5, 5.41) is 3.52. The van der Waals surface area contributed by atoms with Gasteiger partial charge in [-0.2, -0.15) is 0 Å². The fraction of sp³-hybridized carbons (Fsp3) is 0.571. The van der Waals surface area contributed by atoms with Crippen LogP contribution in [-0.2, 0) is 6.54 Å². The Bertz CT molecular complexity index is 406. The Labute approximate surface area is 111 Å². The van der Waals surface area contributed by atoms with Crippen LogP contribution in [0.15, 0.2) is 22.7 Å². The molecule has 0 amide bonds. The lowest BCUT2D eigenvalue weighted by molar-refractivity contribution is 0.457. The van der Waals surface area contributed by atoms with Crippen molar-refractivity contribution in [3.8, 4) is 0 Å². The summed E-state index contributed by atoms with van der Waals surface area (Å²) in [4.78, 5) is 0. The first kappa shape index (κ1) is 13.0. The highest BCUT2D eigenvalue weighted by atomic mass is 79.9. The number of hydrogen-bond acceptors (Lipinski definition) is 1. The Morgan fingerprint density at radius 3 is 2.24 bits per heavy atom. The molecule has 0 aliphatic heterocycles. The quantitative estimate of drug-likeness (QED) is 0.885. The van der Waals surface area contributed by atoms with Gasteiger partial charge in [-0.15, -0.1) is 0 Å². The molecule has 1 aromatic carbocycles. The fourth-order valence-electron chi connectivity index (χ4n) is 2.64. The highest BCUT2D eigenvalue weighted by Gasteiger charge is 2.64. The number of halogens is 2. The van der Waals surface area contributed by atoms with E-state index in [1.165, 1.54) is 6.07 Å². The van der Waals surface area contributed by atoms with Crippen LogP contribution in [0.3, 0.4) is 0 Å². The summed E-state index contributed by atoms with van der Waals surface area (Å²) in [6.45, 7) is 9.80. The first-order valence-electron chi connectivity index (χ1n) is 5.93. The largest absolute Gasteiger partial charge is 0.309 e. The van der Waals surface area contributed by atoms with E-state index >= 15 is 0 Å². The highest BCUT2D eigenvalue weighted by Crippen LogP contribution is 2.62. The van der Waals surface area contributed by atoms with Crippen LogP contribution in [0.4, 0.5) is 4.39 Å². The van der Waals surface area contributed by atoms with Crippen LogP contribution in [0.5, 0.6) is 0 Å². The summed E-state index contributed by atoms with van der Waals surface area (Å²) in [6, 6.07) is 5.52. The second-order valence-corrected chi connectivity index (χ2v) is 6.95. The van der Waals surface area contributed by atoms with Crippen LogP contribution in [0, 0.1) is 16.6 Å². The predicted octanol–water partition coefficient (Wildman–Crippen LogP) is 4.11. The van der Waals surface area contributed by atoms with Gasteiger partial charge >= 0.3 is 0 Å². The van der Waals surface area contributed by atoms with Gasteiger partial charge in [-0.25, -0.2) is 4.39 Å². The Kier molecular flexibility index (Phi) is 3.11. The van der Waals surface area contributed by atoms with E-state index in [4.69, 9.17) is 0 Å². The molecule has 1 saturated carbocycles. The van der Waals surface area contributed by atoms with Crippen molar-refractivity contribution in [3.05, 3.63) is 34.1 Å². The van der Waals surface area contributed by atoms with Crippen molar-refractivity contribution in [2.45, 2.75) is 40.3 Å². The van der Waals surface area contributed by atoms with Gasteiger partial charge in [-0.1, -0.05) is 43.6 Å². The van der Waals surface area contributed by atoms with Crippen LogP contribution >= 0.6 is 15.9 Å². The predicted molar refractivity (Wildman–Crippen MR) is 72.3 cm³/mol. The molecule has 3 heteroatoms. The molecule has 2 rings (SSSR count). The molecule has 1 aliphatic rings. The van der Waals surface area contributed by atoms with Gasteiger partial charge < -0.3 is 5.32 Å². The maximum absolute atomic E-state index is 13.2. The van der Waals surface area contributed by atoms with Crippen molar-refractivity contribution < 1.29 is 4.39 Å². The second kappa shape index (κ2) is 4.06. The Balaban J connectivity index is 2.00. The summed E-state index contributed by atoms with van der Waals surface area (Å²) in [5.74, 6) is -0.189. The smallest absolute Gasteiger partial charge is 0.124 e. The zero-order chi connectivity index (χ0) is 12.8. The van der Waals surface area contributed by atoms with Gasteiger partial charge in [0.25, 0.3) is 0 Å². The third kappa shape index (κ3) is 2.27. The normalized spacial score (nSPS) is 21.5. The van der Waals surface area contributed by atoms with Crippen molar-refractivity contribution in [3.63, 3.8) is 0 Å². The summed E-state index contributed by atoms with van der Waals surface area (Å²) in [5.41, 5.74) is 1.62. The van der Waals surface area contributed by atoms with Crippen LogP contribution in [0.1, 0.15) is 33.3 Å². The fourth-order valence-corrected chi connectivity index (χ4v) is 3.15. The average molecular weight is 300 g/mol. The zero-order valence-corrected chi connectivity index (χ0v) is 12.4. The Hall–Kier alpha value is -0.410. The molecule has 0 bridgehead atoms. The van der Waals surface area contributed by atoms with Gasteiger partial charge in [0.2, 0.25) is 0 Å². The minimum Gasteiger partial charge on any atom is -0.309 e. The monoisotopic (exact) mass is 299 g/mol. The molecule has 1 nitrogen and oxygen atoms in total. The van der Waals surface area contributed by atoms with Crippen LogP contribution < -0.4 is 5.32 Å². The molecule has 1 aliphatic carbocycles.